The molecule has 84 valence electrons. The van der Waals surface area contributed by atoms with Gasteiger partial charge in [0.25, 0.3) is 0 Å². The van der Waals surface area contributed by atoms with Gasteiger partial charge in [0.05, 0.1) is 23.0 Å². The van der Waals surface area contributed by atoms with Gasteiger partial charge in [-0.3, -0.25) is 0 Å². The van der Waals surface area contributed by atoms with Gasteiger partial charge in [0.1, 0.15) is 5.15 Å². The first-order valence-electron chi connectivity index (χ1n) is 5.05. The zero-order valence-electron chi connectivity index (χ0n) is 9.24. The second-order valence-corrected chi connectivity index (χ2v) is 4.05. The topological polar surface area (TPSA) is 62.7 Å². The largest absolute Gasteiger partial charge is 0.397 e. The van der Waals surface area contributed by atoms with Crippen molar-refractivity contribution >= 4 is 17.3 Å². The lowest BCUT2D eigenvalue weighted by Gasteiger charge is -2.07. The van der Waals surface area contributed by atoms with Crippen molar-refractivity contribution in [2.24, 2.45) is 0 Å². The predicted molar refractivity (Wildman–Crippen MR) is 68.5 cm³/mol. The summed E-state index contributed by atoms with van der Waals surface area (Å²) < 4.78 is 0. The summed E-state index contributed by atoms with van der Waals surface area (Å²) in [6.07, 6.45) is 0. The molecule has 0 aliphatic carbocycles. The Kier molecular flexibility index (Phi) is 2.99. The molecule has 0 unspecified atom stereocenters. The van der Waals surface area contributed by atoms with Gasteiger partial charge < -0.3 is 5.73 Å². The van der Waals surface area contributed by atoms with Crippen molar-refractivity contribution in [3.05, 3.63) is 46.7 Å². The smallest absolute Gasteiger partial charge is 0.137 e. The number of hydrogen-bond donors (Lipinski definition) is 1. The number of nitrogen functional groups attached to an aromatic ring is 1. The van der Waals surface area contributed by atoms with Gasteiger partial charge in [-0.2, -0.15) is 5.26 Å². The average Bonchev–Trinajstić information content (AvgIpc) is 2.34. The molecular weight excluding hydrogens is 234 g/mol. The molecule has 4 heteroatoms. The fourth-order valence-electron chi connectivity index (χ4n) is 1.52. The Morgan fingerprint density at radius 1 is 1.29 bits per heavy atom. The van der Waals surface area contributed by atoms with Crippen molar-refractivity contribution in [3.63, 3.8) is 0 Å². The van der Waals surface area contributed by atoms with E-state index in [-0.39, 0.29) is 0 Å². The Bertz CT molecular complexity index is 597. The molecule has 0 spiro atoms. The summed E-state index contributed by atoms with van der Waals surface area (Å²) >= 11 is 6.08. The van der Waals surface area contributed by atoms with Crippen LogP contribution < -0.4 is 5.73 Å². The molecule has 2 rings (SSSR count). The number of pyridine rings is 1. The number of nitrogens with two attached hydrogens (primary N) is 1. The Balaban J connectivity index is 2.53. The quantitative estimate of drug-likeness (QED) is 0.783. The van der Waals surface area contributed by atoms with Crippen molar-refractivity contribution in [3.8, 4) is 17.2 Å². The fraction of sp³-hybridized carbons (Fsp3) is 0.0769. The Hall–Kier alpha value is -2.05. The third-order valence-corrected chi connectivity index (χ3v) is 2.82. The zero-order valence-corrected chi connectivity index (χ0v) is 9.99. The number of rotatable bonds is 1. The van der Waals surface area contributed by atoms with Crippen LogP contribution >= 0.6 is 11.6 Å². The van der Waals surface area contributed by atoms with Crippen LogP contribution in [0.2, 0.25) is 5.15 Å². The van der Waals surface area contributed by atoms with Crippen LogP contribution in [-0.4, -0.2) is 4.98 Å². The molecule has 3 nitrogen and oxygen atoms in total. The number of halogens is 1. The molecular formula is C13H10ClN3. The van der Waals surface area contributed by atoms with Crippen molar-refractivity contribution in [2.75, 3.05) is 5.73 Å². The van der Waals surface area contributed by atoms with Gasteiger partial charge >= 0.3 is 0 Å². The molecule has 1 heterocycles. The average molecular weight is 244 g/mol. The van der Waals surface area contributed by atoms with Gasteiger partial charge in [-0.05, 0) is 30.7 Å². The lowest BCUT2D eigenvalue weighted by atomic mass is 10.1. The van der Waals surface area contributed by atoms with E-state index in [9.17, 15) is 0 Å². The Morgan fingerprint density at radius 2 is 1.94 bits per heavy atom. The van der Waals surface area contributed by atoms with E-state index in [0.29, 0.717) is 22.1 Å². The van der Waals surface area contributed by atoms with Gasteiger partial charge in [0.15, 0.2) is 0 Å². The second kappa shape index (κ2) is 4.44. The number of aryl methyl sites for hydroxylation is 1. The molecule has 0 amide bonds. The van der Waals surface area contributed by atoms with E-state index in [2.05, 4.69) is 11.1 Å². The highest BCUT2D eigenvalue weighted by molar-refractivity contribution is 6.32. The molecule has 1 aromatic heterocycles. The van der Waals surface area contributed by atoms with E-state index in [1.54, 1.807) is 18.2 Å². The number of nitrogens with zero attached hydrogens (tertiary/aromatic N) is 2. The summed E-state index contributed by atoms with van der Waals surface area (Å²) in [7, 11) is 0. The molecule has 1 aromatic carbocycles. The molecule has 0 saturated heterocycles. The number of aromatic nitrogens is 1. The second-order valence-electron chi connectivity index (χ2n) is 3.69. The lowest BCUT2D eigenvalue weighted by Crippen LogP contribution is -1.95. The molecule has 0 atom stereocenters. The Morgan fingerprint density at radius 3 is 2.53 bits per heavy atom. The van der Waals surface area contributed by atoms with E-state index >= 15 is 0 Å². The first-order valence-corrected chi connectivity index (χ1v) is 5.43. The molecule has 0 fully saturated rings. The highest BCUT2D eigenvalue weighted by Gasteiger charge is 2.07. The third kappa shape index (κ3) is 2.22. The van der Waals surface area contributed by atoms with Gasteiger partial charge in [0.2, 0.25) is 0 Å². The monoisotopic (exact) mass is 243 g/mol. The summed E-state index contributed by atoms with van der Waals surface area (Å²) in [5.41, 5.74) is 9.41. The van der Waals surface area contributed by atoms with Crippen LogP contribution in [0.15, 0.2) is 30.3 Å². The van der Waals surface area contributed by atoms with Gasteiger partial charge in [-0.15, -0.1) is 0 Å². The molecule has 0 aliphatic rings. The van der Waals surface area contributed by atoms with Crippen LogP contribution in [0.5, 0.6) is 0 Å². The zero-order chi connectivity index (χ0) is 12.4. The van der Waals surface area contributed by atoms with Crippen molar-refractivity contribution in [1.29, 1.82) is 5.26 Å². The van der Waals surface area contributed by atoms with E-state index in [0.717, 1.165) is 11.1 Å². The number of benzene rings is 1. The third-order valence-electron chi connectivity index (χ3n) is 2.53. The van der Waals surface area contributed by atoms with Crippen LogP contribution in [0, 0.1) is 18.3 Å². The van der Waals surface area contributed by atoms with Crippen LogP contribution in [0.25, 0.3) is 11.1 Å². The standard InChI is InChI=1S/C13H10ClN3/c1-8-12(16)6-11(13(14)17-8)10-4-2-9(7-15)3-5-10/h2-6H,16H2,1H3. The Labute approximate surface area is 104 Å². The summed E-state index contributed by atoms with van der Waals surface area (Å²) in [5.74, 6) is 0. The SMILES string of the molecule is Cc1nc(Cl)c(-c2ccc(C#N)cc2)cc1N. The fourth-order valence-corrected chi connectivity index (χ4v) is 1.81. The van der Waals surface area contributed by atoms with Gasteiger partial charge in [-0.1, -0.05) is 23.7 Å². The van der Waals surface area contributed by atoms with Crippen molar-refractivity contribution in [2.45, 2.75) is 6.92 Å². The summed E-state index contributed by atoms with van der Waals surface area (Å²) in [4.78, 5) is 4.17. The van der Waals surface area contributed by atoms with Crippen molar-refractivity contribution in [1.82, 2.24) is 4.98 Å². The lowest BCUT2D eigenvalue weighted by molar-refractivity contribution is 1.21. The number of anilines is 1. The first-order chi connectivity index (χ1) is 8.11. The van der Waals surface area contributed by atoms with Crippen LogP contribution in [0.4, 0.5) is 5.69 Å². The maximum absolute atomic E-state index is 8.73. The van der Waals surface area contributed by atoms with E-state index < -0.39 is 0 Å². The molecule has 0 saturated carbocycles. The predicted octanol–water partition coefficient (Wildman–Crippen LogP) is 3.16. The number of nitriles is 1. The highest BCUT2D eigenvalue weighted by atomic mass is 35.5. The van der Waals surface area contributed by atoms with Crippen LogP contribution in [0.3, 0.4) is 0 Å². The summed E-state index contributed by atoms with van der Waals surface area (Å²) in [6, 6.07) is 11.0. The molecule has 17 heavy (non-hydrogen) atoms. The first kappa shape index (κ1) is 11.4. The number of hydrogen-bond acceptors (Lipinski definition) is 3. The molecule has 0 bridgehead atoms. The molecule has 0 radical (unpaired) electrons. The highest BCUT2D eigenvalue weighted by Crippen LogP contribution is 2.29. The van der Waals surface area contributed by atoms with E-state index in [1.165, 1.54) is 0 Å². The summed E-state index contributed by atoms with van der Waals surface area (Å²) in [6.45, 7) is 1.81. The van der Waals surface area contributed by atoms with Crippen LogP contribution in [0.1, 0.15) is 11.3 Å². The maximum Gasteiger partial charge on any atom is 0.137 e. The molecule has 0 aliphatic heterocycles. The minimum atomic E-state index is 0.418. The van der Waals surface area contributed by atoms with Crippen LogP contribution in [-0.2, 0) is 0 Å². The summed E-state index contributed by atoms with van der Waals surface area (Å²) in [5, 5.41) is 9.14. The molecule has 2 aromatic rings. The van der Waals surface area contributed by atoms with E-state index in [1.807, 2.05) is 19.1 Å². The van der Waals surface area contributed by atoms with E-state index in [4.69, 9.17) is 22.6 Å². The maximum atomic E-state index is 8.73. The minimum Gasteiger partial charge on any atom is -0.397 e. The van der Waals surface area contributed by atoms with Crippen molar-refractivity contribution < 1.29 is 0 Å². The minimum absolute atomic E-state index is 0.418. The molecule has 2 N–H and O–H groups in total. The normalized spacial score (nSPS) is 9.94. The van der Waals surface area contributed by atoms with Gasteiger partial charge in [0, 0.05) is 5.56 Å². The van der Waals surface area contributed by atoms with Gasteiger partial charge in [-0.25, -0.2) is 4.98 Å².